The summed E-state index contributed by atoms with van der Waals surface area (Å²) < 4.78 is 0. The maximum atomic E-state index is 2.55. The van der Waals surface area contributed by atoms with Gasteiger partial charge < -0.3 is 9.80 Å². The SMILES string of the molecule is CC.CC(C)(C)c1cc2ccc3c(N(c4ccccc4)c4ccccc4)cc(N4c5ccccc5C(c5ccccc5)(c5ccccc5)c5ccccc54)c4ccc(c1)c2c34. The Hall–Kier alpha value is -7.16. The Bertz CT molecular complexity index is 2980. The van der Waals surface area contributed by atoms with Gasteiger partial charge in [-0.2, -0.15) is 0 Å². The molecule has 0 amide bonds. The van der Waals surface area contributed by atoms with Crippen LogP contribution >= 0.6 is 0 Å². The number of fused-ring (bicyclic) bond motifs is 2. The van der Waals surface area contributed by atoms with Crippen molar-refractivity contribution in [1.82, 2.24) is 0 Å². The van der Waals surface area contributed by atoms with Gasteiger partial charge in [-0.25, -0.2) is 0 Å². The summed E-state index contributed by atoms with van der Waals surface area (Å²) in [5, 5.41) is 7.57. The van der Waals surface area contributed by atoms with Crippen LogP contribution in [-0.4, -0.2) is 0 Å². The number of hydrogen-bond acceptors (Lipinski definition) is 2. The number of nitrogens with zero attached hydrogens (tertiary/aromatic N) is 2. The van der Waals surface area contributed by atoms with Crippen molar-refractivity contribution >= 4 is 66.4 Å². The second kappa shape index (κ2) is 15.1. The van der Waals surface area contributed by atoms with Gasteiger partial charge >= 0.3 is 0 Å². The first-order valence-corrected chi connectivity index (χ1v) is 21.7. The summed E-state index contributed by atoms with van der Waals surface area (Å²) in [4.78, 5) is 4.99. The Labute approximate surface area is 360 Å². The van der Waals surface area contributed by atoms with Crippen LogP contribution in [0, 0.1) is 0 Å². The van der Waals surface area contributed by atoms with E-state index in [1.54, 1.807) is 0 Å². The normalized spacial score (nSPS) is 13.1. The molecule has 0 spiro atoms. The van der Waals surface area contributed by atoms with E-state index >= 15 is 0 Å². The highest BCUT2D eigenvalue weighted by molar-refractivity contribution is 6.29. The molecular weight excluding hydrogens is 737 g/mol. The molecule has 0 saturated heterocycles. The molecule has 2 nitrogen and oxygen atoms in total. The summed E-state index contributed by atoms with van der Waals surface area (Å²) in [5.74, 6) is 0. The highest BCUT2D eigenvalue weighted by Crippen LogP contribution is 2.59. The zero-order valence-corrected chi connectivity index (χ0v) is 35.6. The second-order valence-electron chi connectivity index (χ2n) is 16.9. The Morgan fingerprint density at radius 2 is 0.836 bits per heavy atom. The zero-order valence-electron chi connectivity index (χ0n) is 35.6. The summed E-state index contributed by atoms with van der Waals surface area (Å²) in [6.07, 6.45) is 0. The fraction of sp³-hybridized carbons (Fsp3) is 0.119. The summed E-state index contributed by atoms with van der Waals surface area (Å²) in [6, 6.07) is 78.7. The van der Waals surface area contributed by atoms with Crippen molar-refractivity contribution < 1.29 is 0 Å². The first kappa shape index (κ1) is 38.1. The average molecular weight is 787 g/mol. The van der Waals surface area contributed by atoms with E-state index in [9.17, 15) is 0 Å². The second-order valence-corrected chi connectivity index (χ2v) is 16.9. The van der Waals surface area contributed by atoms with Gasteiger partial charge in [0.2, 0.25) is 0 Å². The summed E-state index contributed by atoms with van der Waals surface area (Å²) >= 11 is 0. The van der Waals surface area contributed by atoms with Gasteiger partial charge in [0.15, 0.2) is 0 Å². The van der Waals surface area contributed by atoms with Crippen molar-refractivity contribution in [3.05, 3.63) is 240 Å². The van der Waals surface area contributed by atoms with E-state index in [0.29, 0.717) is 0 Å². The minimum atomic E-state index is -0.553. The van der Waals surface area contributed by atoms with Gasteiger partial charge in [-0.3, -0.25) is 0 Å². The molecule has 0 aromatic heterocycles. The number of anilines is 6. The molecule has 1 aliphatic heterocycles. The topological polar surface area (TPSA) is 6.48 Å². The van der Waals surface area contributed by atoms with Gasteiger partial charge in [0.1, 0.15) is 0 Å². The molecule has 10 aromatic carbocycles. The first-order chi connectivity index (χ1) is 29.9. The lowest BCUT2D eigenvalue weighted by Crippen LogP contribution is -2.37. The molecule has 0 unspecified atom stereocenters. The van der Waals surface area contributed by atoms with Crippen LogP contribution in [0.15, 0.2) is 212 Å². The molecule has 0 aliphatic carbocycles. The molecule has 0 radical (unpaired) electrons. The van der Waals surface area contributed by atoms with Crippen LogP contribution in [0.3, 0.4) is 0 Å². The van der Waals surface area contributed by atoms with E-state index in [4.69, 9.17) is 0 Å². The van der Waals surface area contributed by atoms with Crippen LogP contribution in [-0.2, 0) is 10.8 Å². The molecule has 61 heavy (non-hydrogen) atoms. The lowest BCUT2D eigenvalue weighted by atomic mass is 9.62. The van der Waals surface area contributed by atoms with E-state index in [1.807, 2.05) is 13.8 Å². The molecule has 0 N–H and O–H groups in total. The Morgan fingerprint density at radius 1 is 0.410 bits per heavy atom. The molecule has 0 bridgehead atoms. The zero-order chi connectivity index (χ0) is 41.7. The van der Waals surface area contributed by atoms with Gasteiger partial charge in [-0.1, -0.05) is 204 Å². The molecule has 1 heterocycles. The maximum Gasteiger partial charge on any atom is 0.0742 e. The number of benzene rings is 10. The third-order valence-corrected chi connectivity index (χ3v) is 12.6. The van der Waals surface area contributed by atoms with E-state index in [0.717, 1.165) is 22.7 Å². The lowest BCUT2D eigenvalue weighted by Gasteiger charge is -2.47. The van der Waals surface area contributed by atoms with Gasteiger partial charge in [0.05, 0.1) is 28.2 Å². The van der Waals surface area contributed by atoms with Crippen molar-refractivity contribution in [3.63, 3.8) is 0 Å². The van der Waals surface area contributed by atoms with Crippen molar-refractivity contribution in [1.29, 1.82) is 0 Å². The summed E-state index contributed by atoms with van der Waals surface area (Å²) in [5.41, 5.74) is 12.6. The van der Waals surface area contributed by atoms with Gasteiger partial charge in [0.25, 0.3) is 0 Å². The number of rotatable bonds is 6. The van der Waals surface area contributed by atoms with Gasteiger partial charge in [-0.15, -0.1) is 0 Å². The first-order valence-electron chi connectivity index (χ1n) is 21.7. The lowest BCUT2D eigenvalue weighted by molar-refractivity contribution is 0.591. The van der Waals surface area contributed by atoms with Crippen LogP contribution in [0.2, 0.25) is 0 Å². The van der Waals surface area contributed by atoms with Crippen molar-refractivity contribution in [3.8, 4) is 0 Å². The molecule has 0 saturated carbocycles. The highest BCUT2D eigenvalue weighted by atomic mass is 15.2. The largest absolute Gasteiger partial charge is 0.310 e. The third-order valence-electron chi connectivity index (χ3n) is 12.6. The van der Waals surface area contributed by atoms with Crippen LogP contribution < -0.4 is 9.80 Å². The predicted octanol–water partition coefficient (Wildman–Crippen LogP) is 16.5. The number of para-hydroxylation sites is 4. The highest BCUT2D eigenvalue weighted by Gasteiger charge is 2.46. The Balaban J connectivity index is 0.00000220. The minimum absolute atomic E-state index is 0.0173. The molecule has 0 fully saturated rings. The number of hydrogen-bond donors (Lipinski definition) is 0. The average Bonchev–Trinajstić information content (AvgIpc) is 3.32. The third kappa shape index (κ3) is 6.00. The molecule has 2 heteroatoms. The van der Waals surface area contributed by atoms with Gasteiger partial charge in [-0.05, 0) is 91.9 Å². The molecular formula is C59H50N2. The molecule has 11 rings (SSSR count). The van der Waals surface area contributed by atoms with E-state index < -0.39 is 5.41 Å². The smallest absolute Gasteiger partial charge is 0.0742 e. The standard InChI is InChI=1S/C57H44N2.C2H6/c1-56(2,3)43-36-39-32-34-46-52(58(44-24-12-6-13-25-44)45-26-14-7-15-27-45)38-53(47-35-33-40(37-43)54(39)55(46)47)59-50-30-18-16-28-48(50)57(41-20-8-4-9-21-41,42-22-10-5-11-23-42)49-29-17-19-31-51(49)59;1-2/h4-38H,1-3H3;1-2H3. The van der Waals surface area contributed by atoms with E-state index in [1.165, 1.54) is 71.5 Å². The van der Waals surface area contributed by atoms with Crippen molar-refractivity contribution in [2.75, 3.05) is 9.80 Å². The molecule has 10 aromatic rings. The van der Waals surface area contributed by atoms with Gasteiger partial charge in [0, 0.05) is 27.5 Å². The van der Waals surface area contributed by atoms with Crippen molar-refractivity contribution in [2.24, 2.45) is 0 Å². The summed E-state index contributed by atoms with van der Waals surface area (Å²) in [6.45, 7) is 10.9. The van der Waals surface area contributed by atoms with Crippen LogP contribution in [0.5, 0.6) is 0 Å². The Morgan fingerprint density at radius 3 is 1.31 bits per heavy atom. The monoisotopic (exact) mass is 786 g/mol. The van der Waals surface area contributed by atoms with Crippen molar-refractivity contribution in [2.45, 2.75) is 45.4 Å². The fourth-order valence-corrected chi connectivity index (χ4v) is 9.93. The van der Waals surface area contributed by atoms with Crippen LogP contribution in [0.4, 0.5) is 34.1 Å². The molecule has 0 atom stereocenters. The fourth-order valence-electron chi connectivity index (χ4n) is 9.93. The molecule has 296 valence electrons. The van der Waals surface area contributed by atoms with E-state index in [2.05, 4.69) is 243 Å². The van der Waals surface area contributed by atoms with E-state index in [-0.39, 0.29) is 5.41 Å². The maximum absolute atomic E-state index is 2.55. The minimum Gasteiger partial charge on any atom is -0.310 e. The van der Waals surface area contributed by atoms with Crippen LogP contribution in [0.1, 0.15) is 62.4 Å². The quantitative estimate of drug-likeness (QED) is 0.155. The van der Waals surface area contributed by atoms with Crippen LogP contribution in [0.25, 0.3) is 32.3 Å². The Kier molecular flexibility index (Phi) is 9.45. The molecule has 1 aliphatic rings. The predicted molar refractivity (Wildman–Crippen MR) is 261 cm³/mol. The summed E-state index contributed by atoms with van der Waals surface area (Å²) in [7, 11) is 0.